The van der Waals surface area contributed by atoms with Gasteiger partial charge in [0.15, 0.2) is 0 Å². The van der Waals surface area contributed by atoms with Crippen molar-refractivity contribution in [3.63, 3.8) is 0 Å². The maximum Gasteiger partial charge on any atom is 0.573 e. The summed E-state index contributed by atoms with van der Waals surface area (Å²) in [6.07, 6.45) is -2.46. The monoisotopic (exact) mass is 435 g/mol. The first-order valence-corrected chi connectivity index (χ1v) is 8.32. The summed E-state index contributed by atoms with van der Waals surface area (Å²) in [6, 6.07) is 9.10. The minimum absolute atomic E-state index is 0.0613. The van der Waals surface area contributed by atoms with E-state index in [-0.39, 0.29) is 23.0 Å². The topological polar surface area (TPSA) is 144 Å². The number of nitrogens with one attached hydrogen (secondary N) is 3. The van der Waals surface area contributed by atoms with Gasteiger partial charge in [0.25, 0.3) is 5.91 Å². The van der Waals surface area contributed by atoms with E-state index in [0.717, 1.165) is 18.5 Å². The number of carbonyl (C=O) groups is 1. The highest BCUT2D eigenvalue weighted by molar-refractivity contribution is 5.93. The Morgan fingerprint density at radius 3 is 2.35 bits per heavy atom. The molecule has 0 unspecified atom stereocenters. The number of anilines is 3. The van der Waals surface area contributed by atoms with E-state index in [1.807, 2.05) is 0 Å². The number of carbonyl (C=O) groups excluding carboxylic acids is 1. The van der Waals surface area contributed by atoms with Crippen LogP contribution in [0.4, 0.5) is 36.2 Å². The number of amides is 1. The molecule has 3 rings (SSSR count). The van der Waals surface area contributed by atoms with Crippen LogP contribution in [-0.4, -0.2) is 32.1 Å². The van der Waals surface area contributed by atoms with Crippen LogP contribution in [0.2, 0.25) is 0 Å². The predicted octanol–water partition coefficient (Wildman–Crippen LogP) is 3.18. The molecular weight excluding hydrogens is 423 g/mol. The van der Waals surface area contributed by atoms with Crippen molar-refractivity contribution in [3.8, 4) is 5.75 Å². The molecule has 0 saturated carbocycles. The maximum atomic E-state index is 12.2. The van der Waals surface area contributed by atoms with Gasteiger partial charge >= 0.3 is 12.0 Å². The fraction of sp³-hybridized carbons (Fsp3) is 0.0588. The van der Waals surface area contributed by atoms with Crippen molar-refractivity contribution in [1.29, 1.82) is 0 Å². The molecule has 0 aliphatic heterocycles. The predicted molar refractivity (Wildman–Crippen MR) is 100 cm³/mol. The molecule has 11 nitrogen and oxygen atoms in total. The van der Waals surface area contributed by atoms with E-state index in [1.165, 1.54) is 24.4 Å². The molecule has 1 amide bonds. The number of halogens is 3. The number of ether oxygens (including phenoxy) is 1. The average molecular weight is 435 g/mol. The Hall–Kier alpha value is -4.49. The molecule has 2 heterocycles. The smallest absolute Gasteiger partial charge is 0.406 e. The van der Waals surface area contributed by atoms with Gasteiger partial charge in [-0.1, -0.05) is 6.07 Å². The Balaban J connectivity index is 1.77. The third-order valence-corrected chi connectivity index (χ3v) is 3.55. The number of nitrogens with zero attached hydrogens (tertiary/aromatic N) is 4. The summed E-state index contributed by atoms with van der Waals surface area (Å²) in [7, 11) is 0. The van der Waals surface area contributed by atoms with E-state index < -0.39 is 28.6 Å². The molecule has 0 fully saturated rings. The number of nitro groups is 1. The zero-order valence-electron chi connectivity index (χ0n) is 15.3. The summed E-state index contributed by atoms with van der Waals surface area (Å²) < 4.78 is 40.5. The van der Waals surface area contributed by atoms with Crippen LogP contribution < -0.4 is 20.9 Å². The number of hydrazine groups is 1. The Labute approximate surface area is 171 Å². The molecule has 0 radical (unpaired) electrons. The van der Waals surface area contributed by atoms with Gasteiger partial charge in [-0.3, -0.25) is 30.7 Å². The highest BCUT2D eigenvalue weighted by Crippen LogP contribution is 2.31. The molecule has 0 saturated heterocycles. The normalized spacial score (nSPS) is 10.8. The molecule has 0 atom stereocenters. The van der Waals surface area contributed by atoms with Gasteiger partial charge in [0.2, 0.25) is 11.6 Å². The lowest BCUT2D eigenvalue weighted by molar-refractivity contribution is -0.383. The molecule has 0 spiro atoms. The molecule has 160 valence electrons. The Morgan fingerprint density at radius 1 is 1.03 bits per heavy atom. The first kappa shape index (κ1) is 21.2. The molecule has 0 aliphatic carbocycles. The molecule has 14 heteroatoms. The number of alkyl halides is 3. The van der Waals surface area contributed by atoms with Crippen molar-refractivity contribution >= 4 is 28.9 Å². The first-order chi connectivity index (χ1) is 14.7. The third kappa shape index (κ3) is 5.75. The summed E-state index contributed by atoms with van der Waals surface area (Å²) in [5, 5.41) is 14.1. The van der Waals surface area contributed by atoms with Gasteiger partial charge < -0.3 is 10.1 Å². The molecule has 31 heavy (non-hydrogen) atoms. The van der Waals surface area contributed by atoms with Gasteiger partial charge in [0.05, 0.1) is 4.92 Å². The molecule has 2 aromatic heterocycles. The Bertz CT molecular complexity index is 1080. The number of hydrogen-bond acceptors (Lipinski definition) is 9. The number of hydrogen-bond donors (Lipinski definition) is 3. The molecule has 3 aromatic rings. The second kappa shape index (κ2) is 8.89. The van der Waals surface area contributed by atoms with Crippen LogP contribution in [0.1, 0.15) is 10.5 Å². The third-order valence-electron chi connectivity index (χ3n) is 3.55. The van der Waals surface area contributed by atoms with Gasteiger partial charge in [0.1, 0.15) is 17.8 Å². The van der Waals surface area contributed by atoms with E-state index in [4.69, 9.17) is 0 Å². The number of aromatic nitrogens is 3. The van der Waals surface area contributed by atoms with Crippen molar-refractivity contribution in [2.75, 3.05) is 10.7 Å². The van der Waals surface area contributed by atoms with Crippen molar-refractivity contribution < 1.29 is 27.6 Å². The lowest BCUT2D eigenvalue weighted by Crippen LogP contribution is -2.31. The number of benzene rings is 1. The average Bonchev–Trinajstić information content (AvgIpc) is 2.73. The van der Waals surface area contributed by atoms with Crippen molar-refractivity contribution in [2.45, 2.75) is 6.36 Å². The van der Waals surface area contributed by atoms with Crippen LogP contribution >= 0.6 is 0 Å². The zero-order chi connectivity index (χ0) is 22.4. The minimum Gasteiger partial charge on any atom is -0.406 e. The summed E-state index contributed by atoms with van der Waals surface area (Å²) in [4.78, 5) is 34.2. The van der Waals surface area contributed by atoms with Crippen LogP contribution in [-0.2, 0) is 0 Å². The van der Waals surface area contributed by atoms with E-state index in [2.05, 4.69) is 35.9 Å². The SMILES string of the molecule is O=C(NNc1ncnc(Nc2ccc(OC(F)(F)F)cc2)c1[N+](=O)[O-])c1ccccn1. The highest BCUT2D eigenvalue weighted by atomic mass is 19.4. The van der Waals surface area contributed by atoms with Crippen molar-refractivity contribution in [3.05, 3.63) is 70.8 Å². The zero-order valence-corrected chi connectivity index (χ0v) is 15.3. The first-order valence-electron chi connectivity index (χ1n) is 8.32. The lowest BCUT2D eigenvalue weighted by atomic mass is 10.3. The van der Waals surface area contributed by atoms with Gasteiger partial charge in [-0.05, 0) is 36.4 Å². The molecule has 0 aliphatic rings. The summed E-state index contributed by atoms with van der Waals surface area (Å²) in [5.74, 6) is -1.72. The summed E-state index contributed by atoms with van der Waals surface area (Å²) in [5.41, 5.74) is 4.21. The molecular formula is C17H12F3N7O4. The van der Waals surface area contributed by atoms with Gasteiger partial charge in [0, 0.05) is 11.9 Å². The van der Waals surface area contributed by atoms with Crippen LogP contribution in [0.15, 0.2) is 55.0 Å². The Morgan fingerprint density at radius 2 is 1.74 bits per heavy atom. The van der Waals surface area contributed by atoms with E-state index in [0.29, 0.717) is 0 Å². The highest BCUT2D eigenvalue weighted by Gasteiger charge is 2.31. The van der Waals surface area contributed by atoms with Crippen molar-refractivity contribution in [1.82, 2.24) is 20.4 Å². The lowest BCUT2D eigenvalue weighted by Gasteiger charge is -2.12. The number of rotatable bonds is 7. The second-order valence-electron chi connectivity index (χ2n) is 5.67. The largest absolute Gasteiger partial charge is 0.573 e. The molecule has 3 N–H and O–H groups in total. The maximum absolute atomic E-state index is 12.2. The van der Waals surface area contributed by atoms with Gasteiger partial charge in [-0.2, -0.15) is 0 Å². The van der Waals surface area contributed by atoms with Crippen molar-refractivity contribution in [2.24, 2.45) is 0 Å². The van der Waals surface area contributed by atoms with E-state index in [9.17, 15) is 28.1 Å². The van der Waals surface area contributed by atoms with Gasteiger partial charge in [-0.25, -0.2) is 9.97 Å². The fourth-order valence-electron chi connectivity index (χ4n) is 2.29. The van der Waals surface area contributed by atoms with Crippen LogP contribution in [0, 0.1) is 10.1 Å². The summed E-state index contributed by atoms with van der Waals surface area (Å²) in [6.45, 7) is 0. The van der Waals surface area contributed by atoms with Gasteiger partial charge in [-0.15, -0.1) is 13.2 Å². The Kier molecular flexibility index (Phi) is 6.09. The van der Waals surface area contributed by atoms with Crippen LogP contribution in [0.25, 0.3) is 0 Å². The molecule has 1 aromatic carbocycles. The van der Waals surface area contributed by atoms with E-state index >= 15 is 0 Å². The minimum atomic E-state index is -4.85. The fourth-order valence-corrected chi connectivity index (χ4v) is 2.29. The molecule has 0 bridgehead atoms. The summed E-state index contributed by atoms with van der Waals surface area (Å²) >= 11 is 0. The second-order valence-corrected chi connectivity index (χ2v) is 5.67. The number of pyridine rings is 1. The quantitative estimate of drug-likeness (QED) is 0.376. The van der Waals surface area contributed by atoms with E-state index in [1.54, 1.807) is 12.1 Å². The van der Waals surface area contributed by atoms with Crippen LogP contribution in [0.5, 0.6) is 5.75 Å². The standard InChI is InChI=1S/C17H12F3N7O4/c18-17(19,20)31-11-6-4-10(5-7-11)24-14-13(27(29)30)15(23-9-22-14)25-26-16(28)12-3-1-2-8-21-12/h1-9H,(H,26,28)(H2,22,23,24,25). The van der Waals surface area contributed by atoms with Crippen LogP contribution in [0.3, 0.4) is 0 Å².